The SMILES string of the molecule is COc1ccc(C2Oc3ccccc3C3CC(c4cccc5ccccc45)=NN32)c(C(=O)O)c1OC. The number of hydrogen-bond acceptors (Lipinski definition) is 6. The molecule has 2 aliphatic rings. The molecule has 0 saturated heterocycles. The number of carbonyl (C=O) groups is 1. The first-order valence-corrected chi connectivity index (χ1v) is 11.7. The first-order chi connectivity index (χ1) is 17.6. The summed E-state index contributed by atoms with van der Waals surface area (Å²) in [7, 11) is 2.91. The van der Waals surface area contributed by atoms with Gasteiger partial charge >= 0.3 is 5.97 Å². The number of hydrogen-bond donors (Lipinski definition) is 1. The van der Waals surface area contributed by atoms with Crippen molar-refractivity contribution in [1.82, 2.24) is 5.01 Å². The van der Waals surface area contributed by atoms with Gasteiger partial charge < -0.3 is 19.3 Å². The standard InChI is InChI=1S/C29H24N2O5/c1-34-25-15-14-21(26(29(32)33)27(25)35-2)28-31-23(20-11-5-6-13-24(20)36-28)16-22(30-31)19-12-7-9-17-8-3-4-10-18(17)19/h3-15,23,28H,16H2,1-2H3,(H,32,33). The maximum Gasteiger partial charge on any atom is 0.340 e. The highest BCUT2D eigenvalue weighted by Gasteiger charge is 2.43. The molecular weight excluding hydrogens is 456 g/mol. The van der Waals surface area contributed by atoms with Crippen LogP contribution in [-0.4, -0.2) is 36.0 Å². The number of benzene rings is 4. The van der Waals surface area contributed by atoms with Crippen molar-refractivity contribution in [2.45, 2.75) is 18.7 Å². The van der Waals surface area contributed by atoms with E-state index in [-0.39, 0.29) is 17.4 Å². The van der Waals surface area contributed by atoms with Crippen molar-refractivity contribution in [3.63, 3.8) is 0 Å². The summed E-state index contributed by atoms with van der Waals surface area (Å²) in [5.74, 6) is 0.0770. The average Bonchev–Trinajstić information content (AvgIpc) is 3.37. The zero-order valence-corrected chi connectivity index (χ0v) is 19.8. The summed E-state index contributed by atoms with van der Waals surface area (Å²) in [6.45, 7) is 0. The molecule has 0 saturated carbocycles. The second-order valence-electron chi connectivity index (χ2n) is 8.75. The number of para-hydroxylation sites is 1. The van der Waals surface area contributed by atoms with Gasteiger partial charge in [0.25, 0.3) is 0 Å². The lowest BCUT2D eigenvalue weighted by molar-refractivity contribution is -0.0199. The molecule has 7 nitrogen and oxygen atoms in total. The Hall–Kier alpha value is -4.52. The van der Waals surface area contributed by atoms with Gasteiger partial charge in [0.15, 0.2) is 11.5 Å². The van der Waals surface area contributed by atoms with Crippen LogP contribution in [0.4, 0.5) is 0 Å². The Balaban J connectivity index is 1.53. The zero-order chi connectivity index (χ0) is 24.8. The van der Waals surface area contributed by atoms with E-state index in [9.17, 15) is 9.90 Å². The first kappa shape index (κ1) is 22.0. The summed E-state index contributed by atoms with van der Waals surface area (Å²) < 4.78 is 17.2. The number of ether oxygens (including phenoxy) is 3. The summed E-state index contributed by atoms with van der Waals surface area (Å²) in [6.07, 6.45) is -0.0936. The van der Waals surface area contributed by atoms with Gasteiger partial charge in [-0.2, -0.15) is 5.10 Å². The second-order valence-corrected chi connectivity index (χ2v) is 8.75. The minimum atomic E-state index is -1.13. The van der Waals surface area contributed by atoms with Crippen LogP contribution >= 0.6 is 0 Å². The molecule has 0 aromatic heterocycles. The number of fused-ring (bicyclic) bond motifs is 4. The number of rotatable bonds is 5. The van der Waals surface area contributed by atoms with E-state index < -0.39 is 12.2 Å². The molecule has 0 radical (unpaired) electrons. The van der Waals surface area contributed by atoms with Crippen LogP contribution in [0.25, 0.3) is 10.8 Å². The molecule has 0 aliphatic carbocycles. The van der Waals surface area contributed by atoms with Gasteiger partial charge in [-0.05, 0) is 29.0 Å². The molecule has 2 heterocycles. The van der Waals surface area contributed by atoms with E-state index in [1.807, 2.05) is 47.5 Å². The van der Waals surface area contributed by atoms with Crippen LogP contribution in [-0.2, 0) is 0 Å². The Bertz CT molecular complexity index is 1520. The van der Waals surface area contributed by atoms with Gasteiger partial charge in [-0.1, -0.05) is 60.7 Å². The zero-order valence-electron chi connectivity index (χ0n) is 19.8. The van der Waals surface area contributed by atoms with E-state index in [1.165, 1.54) is 14.2 Å². The fraction of sp³-hybridized carbons (Fsp3) is 0.172. The molecule has 0 fully saturated rings. The van der Waals surface area contributed by atoms with Gasteiger partial charge in [-0.15, -0.1) is 0 Å². The minimum Gasteiger partial charge on any atom is -0.493 e. The van der Waals surface area contributed by atoms with Crippen LogP contribution in [0.2, 0.25) is 0 Å². The van der Waals surface area contributed by atoms with Crippen molar-refractivity contribution in [2.24, 2.45) is 5.10 Å². The molecule has 2 aliphatic heterocycles. The van der Waals surface area contributed by atoms with Gasteiger partial charge in [0.05, 0.1) is 26.0 Å². The topological polar surface area (TPSA) is 80.6 Å². The van der Waals surface area contributed by atoms with Crippen molar-refractivity contribution >= 4 is 22.5 Å². The van der Waals surface area contributed by atoms with E-state index in [4.69, 9.17) is 19.3 Å². The fourth-order valence-corrected chi connectivity index (χ4v) is 5.25. The molecule has 180 valence electrons. The normalized spacial score (nSPS) is 18.2. The summed E-state index contributed by atoms with van der Waals surface area (Å²) in [6, 6.07) is 25.6. The van der Waals surface area contributed by atoms with Crippen molar-refractivity contribution in [3.05, 3.63) is 101 Å². The van der Waals surface area contributed by atoms with E-state index in [0.717, 1.165) is 27.6 Å². The second kappa shape index (κ2) is 8.61. The molecule has 6 rings (SSSR count). The number of aromatic carboxylic acids is 1. The highest BCUT2D eigenvalue weighted by Crippen LogP contribution is 2.49. The maximum absolute atomic E-state index is 12.4. The molecule has 4 aromatic carbocycles. The van der Waals surface area contributed by atoms with Crippen molar-refractivity contribution in [1.29, 1.82) is 0 Å². The molecule has 2 atom stereocenters. The predicted octanol–water partition coefficient (Wildman–Crippen LogP) is 5.80. The van der Waals surface area contributed by atoms with Crippen LogP contribution in [0.3, 0.4) is 0 Å². The number of hydrazone groups is 1. The molecule has 0 spiro atoms. The van der Waals surface area contributed by atoms with Crippen molar-refractivity contribution in [3.8, 4) is 17.2 Å². The Morgan fingerprint density at radius 3 is 2.53 bits per heavy atom. The van der Waals surface area contributed by atoms with Gasteiger partial charge in [0.1, 0.15) is 11.3 Å². The molecule has 4 aromatic rings. The lowest BCUT2D eigenvalue weighted by atomic mass is 9.93. The van der Waals surface area contributed by atoms with Crippen molar-refractivity contribution in [2.75, 3.05) is 14.2 Å². The van der Waals surface area contributed by atoms with Crippen LogP contribution in [0.1, 0.15) is 45.7 Å². The number of carboxylic acid groups (broad SMARTS) is 1. The largest absolute Gasteiger partial charge is 0.493 e. The van der Waals surface area contributed by atoms with Gasteiger partial charge in [-0.25, -0.2) is 9.80 Å². The molecule has 7 heteroatoms. The minimum absolute atomic E-state index is 0.00575. The maximum atomic E-state index is 12.4. The third-order valence-corrected chi connectivity index (χ3v) is 6.86. The monoisotopic (exact) mass is 480 g/mol. The smallest absolute Gasteiger partial charge is 0.340 e. The van der Waals surface area contributed by atoms with E-state index in [0.29, 0.717) is 23.5 Å². The highest BCUT2D eigenvalue weighted by molar-refractivity contribution is 6.11. The Kier molecular flexibility index (Phi) is 5.25. The summed E-state index contributed by atoms with van der Waals surface area (Å²) in [5, 5.41) is 19.4. The molecule has 2 unspecified atom stereocenters. The molecule has 36 heavy (non-hydrogen) atoms. The number of methoxy groups -OCH3 is 2. The van der Waals surface area contributed by atoms with E-state index in [2.05, 4.69) is 24.3 Å². The number of carboxylic acids is 1. The van der Waals surface area contributed by atoms with Gasteiger partial charge in [0, 0.05) is 23.1 Å². The van der Waals surface area contributed by atoms with Gasteiger partial charge in [0.2, 0.25) is 6.23 Å². The highest BCUT2D eigenvalue weighted by atomic mass is 16.5. The fourth-order valence-electron chi connectivity index (χ4n) is 5.25. The quantitative estimate of drug-likeness (QED) is 0.389. The predicted molar refractivity (Wildman–Crippen MR) is 136 cm³/mol. The lowest BCUT2D eigenvalue weighted by Crippen LogP contribution is -2.34. The lowest BCUT2D eigenvalue weighted by Gasteiger charge is -2.38. The third-order valence-electron chi connectivity index (χ3n) is 6.86. The Morgan fingerprint density at radius 2 is 1.72 bits per heavy atom. The van der Waals surface area contributed by atoms with Crippen LogP contribution in [0.15, 0.2) is 84.0 Å². The average molecular weight is 481 g/mol. The summed E-state index contributed by atoms with van der Waals surface area (Å²) in [4.78, 5) is 12.4. The first-order valence-electron chi connectivity index (χ1n) is 11.7. The molecule has 1 N–H and O–H groups in total. The van der Waals surface area contributed by atoms with Crippen LogP contribution in [0, 0.1) is 0 Å². The third kappa shape index (κ3) is 3.35. The van der Waals surface area contributed by atoms with E-state index in [1.54, 1.807) is 12.1 Å². The molecule has 0 bridgehead atoms. The Morgan fingerprint density at radius 1 is 0.944 bits per heavy atom. The molecular formula is C29H24N2O5. The van der Waals surface area contributed by atoms with Crippen LogP contribution < -0.4 is 14.2 Å². The van der Waals surface area contributed by atoms with Crippen LogP contribution in [0.5, 0.6) is 17.2 Å². The van der Waals surface area contributed by atoms with Crippen molar-refractivity contribution < 1.29 is 24.1 Å². The molecule has 0 amide bonds. The number of nitrogens with zero attached hydrogens (tertiary/aromatic N) is 2. The Labute approximate surface area is 208 Å². The summed E-state index contributed by atoms with van der Waals surface area (Å²) >= 11 is 0. The van der Waals surface area contributed by atoms with E-state index >= 15 is 0 Å². The summed E-state index contributed by atoms with van der Waals surface area (Å²) in [5.41, 5.74) is 3.45. The van der Waals surface area contributed by atoms with Gasteiger partial charge in [-0.3, -0.25) is 0 Å².